The summed E-state index contributed by atoms with van der Waals surface area (Å²) < 4.78 is 12.7. The van der Waals surface area contributed by atoms with Crippen molar-refractivity contribution in [2.75, 3.05) is 0 Å². The molecule has 1 heterocycles. The van der Waals surface area contributed by atoms with E-state index in [1.807, 2.05) is 0 Å². The van der Waals surface area contributed by atoms with Gasteiger partial charge in [0.2, 0.25) is 0 Å². The minimum Gasteiger partial charge on any atom is -0.508 e. The van der Waals surface area contributed by atoms with Crippen LogP contribution in [0.1, 0.15) is 0 Å². The molecule has 0 radical (unpaired) electrons. The van der Waals surface area contributed by atoms with Crippen LogP contribution >= 0.6 is 0 Å². The third-order valence-corrected chi connectivity index (χ3v) is 1.63. The van der Waals surface area contributed by atoms with Gasteiger partial charge in [-0.3, -0.25) is 0 Å². The Balaban J connectivity index is 2.86. The van der Waals surface area contributed by atoms with Crippen molar-refractivity contribution in [1.29, 1.82) is 0 Å². The molecule has 2 rings (SSSR count). The van der Waals surface area contributed by atoms with Crippen molar-refractivity contribution >= 4 is 10.9 Å². The summed E-state index contributed by atoms with van der Waals surface area (Å²) >= 11 is 0. The highest BCUT2D eigenvalue weighted by molar-refractivity contribution is 5.81. The molecule has 0 fully saturated rings. The second-order valence-electron chi connectivity index (χ2n) is 2.37. The molecule has 0 amide bonds. The predicted octanol–water partition coefficient (Wildman–Crippen LogP) is 2.08. The number of aromatic nitrogens is 1. The minimum atomic E-state index is 0.156. The molecule has 0 saturated heterocycles. The van der Waals surface area contributed by atoms with Gasteiger partial charge in [-0.05, 0) is 24.3 Å². The topological polar surface area (TPSA) is 25.2 Å². The zero-order valence-corrected chi connectivity index (χ0v) is 5.66. The zero-order chi connectivity index (χ0) is 7.84. The molecule has 0 bridgehead atoms. The summed E-state index contributed by atoms with van der Waals surface area (Å²) in [5.41, 5.74) is 0.475. The molecule has 2 nitrogen and oxygen atoms in total. The fourth-order valence-corrected chi connectivity index (χ4v) is 1.10. The Bertz CT molecular complexity index is 394. The zero-order valence-electron chi connectivity index (χ0n) is 5.66. The molecule has 3 heteroatoms. The van der Waals surface area contributed by atoms with Crippen molar-refractivity contribution < 1.29 is 9.59 Å². The predicted molar refractivity (Wildman–Crippen MR) is 40.1 cm³/mol. The molecule has 0 saturated carbocycles. The largest absolute Gasteiger partial charge is 0.508 e. The summed E-state index contributed by atoms with van der Waals surface area (Å²) in [4.78, 5) is 0.523. The van der Waals surface area contributed by atoms with Crippen molar-refractivity contribution in [2.45, 2.75) is 0 Å². The first-order chi connectivity index (χ1) is 5.27. The van der Waals surface area contributed by atoms with Crippen molar-refractivity contribution in [3.05, 3.63) is 30.5 Å². The summed E-state index contributed by atoms with van der Waals surface area (Å²) in [5.74, 6) is 0.156. The third-order valence-electron chi connectivity index (χ3n) is 1.63. The summed E-state index contributed by atoms with van der Waals surface area (Å²) in [7, 11) is 0. The first-order valence-corrected chi connectivity index (χ1v) is 3.23. The van der Waals surface area contributed by atoms with Crippen LogP contribution in [0.3, 0.4) is 0 Å². The average Bonchev–Trinajstić information content (AvgIpc) is 2.32. The molecule has 1 aromatic heterocycles. The lowest BCUT2D eigenvalue weighted by molar-refractivity contribution is 0.388. The maximum atomic E-state index is 12.7. The summed E-state index contributed by atoms with van der Waals surface area (Å²) in [5, 5.41) is 9.71. The van der Waals surface area contributed by atoms with Crippen LogP contribution in [0.15, 0.2) is 30.5 Å². The normalized spacial score (nSPS) is 10.6. The van der Waals surface area contributed by atoms with Gasteiger partial charge in [0.05, 0.1) is 5.52 Å². The number of aromatic hydroxyl groups is 1. The van der Waals surface area contributed by atoms with Gasteiger partial charge < -0.3 is 5.11 Å². The first-order valence-electron chi connectivity index (χ1n) is 3.23. The lowest BCUT2D eigenvalue weighted by atomic mass is 10.2. The number of hydrogen-bond acceptors (Lipinski definition) is 1. The van der Waals surface area contributed by atoms with Crippen LogP contribution in [0.4, 0.5) is 4.48 Å². The van der Waals surface area contributed by atoms with Crippen LogP contribution in [-0.4, -0.2) is 9.90 Å². The maximum Gasteiger partial charge on any atom is 0.116 e. The van der Waals surface area contributed by atoms with E-state index in [9.17, 15) is 4.48 Å². The Morgan fingerprint density at radius 2 is 2.09 bits per heavy atom. The molecule has 0 unspecified atom stereocenters. The van der Waals surface area contributed by atoms with E-state index >= 15 is 0 Å². The molecule has 2 aromatic rings. The van der Waals surface area contributed by atoms with Gasteiger partial charge in [0.15, 0.2) is 0 Å². The van der Waals surface area contributed by atoms with Gasteiger partial charge in [-0.25, -0.2) is 0 Å². The molecule has 0 aliphatic carbocycles. The van der Waals surface area contributed by atoms with Crippen LogP contribution < -0.4 is 0 Å². The van der Waals surface area contributed by atoms with E-state index in [0.717, 1.165) is 0 Å². The van der Waals surface area contributed by atoms with E-state index in [1.165, 1.54) is 24.4 Å². The summed E-state index contributed by atoms with van der Waals surface area (Å²) in [6.07, 6.45) is 1.31. The van der Waals surface area contributed by atoms with Crippen LogP contribution in [0, 0.1) is 0 Å². The van der Waals surface area contributed by atoms with Crippen molar-refractivity contribution in [3.63, 3.8) is 0 Å². The van der Waals surface area contributed by atoms with Crippen molar-refractivity contribution in [2.24, 2.45) is 0 Å². The van der Waals surface area contributed by atoms with E-state index in [-0.39, 0.29) is 5.75 Å². The smallest absolute Gasteiger partial charge is 0.116 e. The number of hydrogen-bond donors (Lipinski definition) is 1. The molecule has 0 spiro atoms. The molecule has 0 aliphatic rings. The van der Waals surface area contributed by atoms with Crippen LogP contribution in [0.5, 0.6) is 5.75 Å². The average molecular weight is 151 g/mol. The second kappa shape index (κ2) is 1.99. The standard InChI is InChI=1S/C8H6FNO/c9-10-4-3-6-5-7(11)1-2-8(6)10/h1-5,11H. The summed E-state index contributed by atoms with van der Waals surface area (Å²) in [6, 6.07) is 6.11. The molecule has 0 atom stereocenters. The van der Waals surface area contributed by atoms with Gasteiger partial charge in [-0.15, -0.1) is 0 Å². The second-order valence-corrected chi connectivity index (χ2v) is 2.37. The highest BCUT2D eigenvalue weighted by Crippen LogP contribution is 2.20. The van der Waals surface area contributed by atoms with E-state index in [0.29, 0.717) is 15.7 Å². The molecule has 11 heavy (non-hydrogen) atoms. The van der Waals surface area contributed by atoms with Gasteiger partial charge in [-0.2, -0.15) is 4.79 Å². The number of rotatable bonds is 0. The Hall–Kier alpha value is -1.51. The van der Waals surface area contributed by atoms with Crippen molar-refractivity contribution in [1.82, 2.24) is 4.79 Å². The Kier molecular flexibility index (Phi) is 1.12. The van der Waals surface area contributed by atoms with Crippen LogP contribution in [0.2, 0.25) is 0 Å². The van der Waals surface area contributed by atoms with Gasteiger partial charge in [0, 0.05) is 11.6 Å². The van der Waals surface area contributed by atoms with E-state index < -0.39 is 0 Å². The Labute approximate surface area is 62.4 Å². The summed E-state index contributed by atoms with van der Waals surface area (Å²) in [6.45, 7) is 0. The molecular formula is C8H6FNO. The molecule has 0 aliphatic heterocycles. The van der Waals surface area contributed by atoms with Crippen LogP contribution in [-0.2, 0) is 0 Å². The first kappa shape index (κ1) is 6.22. The lowest BCUT2D eigenvalue weighted by Crippen LogP contribution is -1.75. The number of nitrogens with zero attached hydrogens (tertiary/aromatic N) is 1. The number of benzene rings is 1. The van der Waals surface area contributed by atoms with E-state index in [1.54, 1.807) is 6.07 Å². The van der Waals surface area contributed by atoms with Gasteiger partial charge in [-0.1, -0.05) is 4.48 Å². The van der Waals surface area contributed by atoms with Crippen molar-refractivity contribution in [3.8, 4) is 5.75 Å². The Morgan fingerprint density at radius 1 is 1.27 bits per heavy atom. The SMILES string of the molecule is Oc1ccc2c(ccn2F)c1. The maximum absolute atomic E-state index is 12.7. The number of phenols is 1. The van der Waals surface area contributed by atoms with Gasteiger partial charge in [0.25, 0.3) is 0 Å². The van der Waals surface area contributed by atoms with Crippen LogP contribution in [0.25, 0.3) is 10.9 Å². The minimum absolute atomic E-state index is 0.156. The highest BCUT2D eigenvalue weighted by Gasteiger charge is 1.99. The molecule has 56 valence electrons. The van der Waals surface area contributed by atoms with E-state index in [4.69, 9.17) is 5.11 Å². The van der Waals surface area contributed by atoms with Gasteiger partial charge >= 0.3 is 0 Å². The van der Waals surface area contributed by atoms with Gasteiger partial charge in [0.1, 0.15) is 5.75 Å². The Morgan fingerprint density at radius 3 is 2.91 bits per heavy atom. The highest BCUT2D eigenvalue weighted by atomic mass is 19.2. The molecule has 1 N–H and O–H groups in total. The lowest BCUT2D eigenvalue weighted by Gasteiger charge is -1.92. The number of phenolic OH excluding ortho intramolecular Hbond substituents is 1. The monoisotopic (exact) mass is 151 g/mol. The van der Waals surface area contributed by atoms with E-state index in [2.05, 4.69) is 0 Å². The number of fused-ring (bicyclic) bond motifs is 1. The quantitative estimate of drug-likeness (QED) is 0.612. The fraction of sp³-hybridized carbons (Fsp3) is 0. The molecule has 1 aromatic carbocycles. The molecular weight excluding hydrogens is 145 g/mol. The fourth-order valence-electron chi connectivity index (χ4n) is 1.10. The number of halogens is 1. The third kappa shape index (κ3) is 0.852.